The first-order valence-electron chi connectivity index (χ1n) is 12.5. The molecule has 0 saturated heterocycles. The molecular weight excluding hydrogens is 490 g/mol. The van der Waals surface area contributed by atoms with Crippen molar-refractivity contribution < 1.29 is 13.6 Å². The molecule has 0 unspecified atom stereocenters. The number of anilines is 2. The van der Waals surface area contributed by atoms with E-state index in [2.05, 4.69) is 15.0 Å². The standard InChI is InChI=1S/C28H30F2N6O2/c1-15(2)36(24-12-18(29)11-20(30)16(24)3)23-6-7-31-27(37)25(23)26-32-21-10-17-14-35(9-8-34(4)5)28(38)19(17)13-22(21)33-26/h6-7,10-13,15H,8-9,14H2,1-5H3,(H,31,37)(H,32,33). The number of carbonyl (C=O) groups is 1. The fraction of sp³-hybridized carbons (Fsp3) is 0.321. The second kappa shape index (κ2) is 9.68. The highest BCUT2D eigenvalue weighted by Gasteiger charge is 2.29. The van der Waals surface area contributed by atoms with Gasteiger partial charge in [-0.1, -0.05) is 0 Å². The number of fused-ring (bicyclic) bond motifs is 2. The van der Waals surface area contributed by atoms with Crippen LogP contribution in [0.25, 0.3) is 22.4 Å². The topological polar surface area (TPSA) is 88.3 Å². The maximum Gasteiger partial charge on any atom is 0.261 e. The molecule has 1 aliphatic rings. The molecule has 2 aromatic heterocycles. The van der Waals surface area contributed by atoms with Crippen LogP contribution < -0.4 is 10.5 Å². The van der Waals surface area contributed by atoms with Crippen LogP contribution in [0.5, 0.6) is 0 Å². The Bertz CT molecular complexity index is 1610. The quantitative estimate of drug-likeness (QED) is 0.373. The summed E-state index contributed by atoms with van der Waals surface area (Å²) in [6.45, 7) is 7.23. The number of nitrogens with one attached hydrogen (secondary N) is 2. The number of aromatic amines is 2. The Morgan fingerprint density at radius 1 is 1.11 bits per heavy atom. The predicted octanol–water partition coefficient (Wildman–Crippen LogP) is 4.57. The molecule has 1 aliphatic heterocycles. The number of halogens is 2. The largest absolute Gasteiger partial charge is 0.338 e. The highest BCUT2D eigenvalue weighted by atomic mass is 19.1. The van der Waals surface area contributed by atoms with E-state index in [0.29, 0.717) is 46.9 Å². The number of amides is 1. The van der Waals surface area contributed by atoms with Gasteiger partial charge in [-0.3, -0.25) is 9.59 Å². The van der Waals surface area contributed by atoms with Crippen LogP contribution in [0.1, 0.15) is 35.3 Å². The van der Waals surface area contributed by atoms with Crippen molar-refractivity contribution in [1.82, 2.24) is 24.8 Å². The van der Waals surface area contributed by atoms with E-state index in [1.54, 1.807) is 24.0 Å². The molecule has 1 amide bonds. The van der Waals surface area contributed by atoms with Crippen LogP contribution in [0.3, 0.4) is 0 Å². The van der Waals surface area contributed by atoms with Gasteiger partial charge in [-0.25, -0.2) is 13.8 Å². The SMILES string of the molecule is Cc1c(F)cc(F)cc1N(c1cc[nH]c(=O)c1-c1nc2cc3c(cc2[nH]1)CN(CCN(C)C)C3=O)C(C)C. The summed E-state index contributed by atoms with van der Waals surface area (Å²) < 4.78 is 28.8. The lowest BCUT2D eigenvalue weighted by Gasteiger charge is -2.31. The van der Waals surface area contributed by atoms with Crippen LogP contribution in [0.2, 0.25) is 0 Å². The Kier molecular flexibility index (Phi) is 6.52. The molecule has 0 radical (unpaired) electrons. The third-order valence-corrected chi connectivity index (χ3v) is 6.90. The van der Waals surface area contributed by atoms with Crippen molar-refractivity contribution in [2.24, 2.45) is 0 Å². The van der Waals surface area contributed by atoms with Gasteiger partial charge < -0.3 is 24.7 Å². The van der Waals surface area contributed by atoms with Gasteiger partial charge in [0.25, 0.3) is 11.5 Å². The van der Waals surface area contributed by atoms with Crippen molar-refractivity contribution in [2.45, 2.75) is 33.4 Å². The molecule has 0 saturated carbocycles. The first-order chi connectivity index (χ1) is 18.0. The normalized spacial score (nSPS) is 13.3. The molecule has 0 fully saturated rings. The number of carbonyl (C=O) groups excluding carboxylic acids is 1. The van der Waals surface area contributed by atoms with Crippen LogP contribution in [0, 0.1) is 18.6 Å². The summed E-state index contributed by atoms with van der Waals surface area (Å²) in [5.41, 5.74) is 3.63. The summed E-state index contributed by atoms with van der Waals surface area (Å²) in [6.07, 6.45) is 1.50. The summed E-state index contributed by atoms with van der Waals surface area (Å²) in [4.78, 5) is 42.3. The number of H-pyrrole nitrogens is 2. The Morgan fingerprint density at radius 2 is 1.87 bits per heavy atom. The maximum atomic E-state index is 14.5. The molecule has 4 aromatic rings. The number of hydrogen-bond donors (Lipinski definition) is 2. The molecule has 0 aliphatic carbocycles. The fourth-order valence-electron chi connectivity index (χ4n) is 4.97. The van der Waals surface area contributed by atoms with Gasteiger partial charge in [0, 0.05) is 49.1 Å². The lowest BCUT2D eigenvalue weighted by atomic mass is 10.1. The lowest BCUT2D eigenvalue weighted by Crippen LogP contribution is -2.31. The summed E-state index contributed by atoms with van der Waals surface area (Å²) in [5, 5.41) is 0. The zero-order chi connectivity index (χ0) is 27.3. The van der Waals surface area contributed by atoms with Gasteiger partial charge in [-0.15, -0.1) is 0 Å². The zero-order valence-corrected chi connectivity index (χ0v) is 22.0. The van der Waals surface area contributed by atoms with E-state index < -0.39 is 17.2 Å². The Labute approximate surface area is 218 Å². The van der Waals surface area contributed by atoms with Crippen molar-refractivity contribution >= 4 is 28.3 Å². The van der Waals surface area contributed by atoms with Gasteiger partial charge in [0.2, 0.25) is 0 Å². The van der Waals surface area contributed by atoms with E-state index >= 15 is 0 Å². The number of imidazole rings is 1. The van der Waals surface area contributed by atoms with E-state index in [1.165, 1.54) is 12.3 Å². The predicted molar refractivity (Wildman–Crippen MR) is 144 cm³/mol. The third kappa shape index (κ3) is 4.45. The van der Waals surface area contributed by atoms with Crippen LogP contribution in [-0.4, -0.2) is 63.9 Å². The molecule has 5 rings (SSSR count). The lowest BCUT2D eigenvalue weighted by molar-refractivity contribution is 0.0768. The van der Waals surface area contributed by atoms with E-state index in [4.69, 9.17) is 0 Å². The first kappa shape index (κ1) is 25.6. The van der Waals surface area contributed by atoms with Crippen molar-refractivity contribution in [3.63, 3.8) is 0 Å². The van der Waals surface area contributed by atoms with Crippen LogP contribution in [-0.2, 0) is 6.54 Å². The zero-order valence-electron chi connectivity index (χ0n) is 22.0. The third-order valence-electron chi connectivity index (χ3n) is 6.90. The second-order valence-corrected chi connectivity index (χ2v) is 10.2. The van der Waals surface area contributed by atoms with E-state index in [9.17, 15) is 18.4 Å². The molecule has 8 nitrogen and oxygen atoms in total. The first-order valence-corrected chi connectivity index (χ1v) is 12.5. The molecular formula is C28H30F2N6O2. The summed E-state index contributed by atoms with van der Waals surface area (Å²) in [7, 11) is 3.93. The highest BCUT2D eigenvalue weighted by Crippen LogP contribution is 2.37. The second-order valence-electron chi connectivity index (χ2n) is 10.2. The van der Waals surface area contributed by atoms with Crippen molar-refractivity contribution in [2.75, 3.05) is 32.1 Å². The van der Waals surface area contributed by atoms with Crippen LogP contribution >= 0.6 is 0 Å². The molecule has 0 atom stereocenters. The van der Waals surface area contributed by atoms with Gasteiger partial charge in [-0.05, 0) is 64.7 Å². The van der Waals surface area contributed by atoms with Gasteiger partial charge >= 0.3 is 0 Å². The fourth-order valence-corrected chi connectivity index (χ4v) is 4.97. The number of aromatic nitrogens is 3. The number of benzene rings is 2. The number of likely N-dealkylation sites (N-methyl/N-ethyl adjacent to an activating group) is 1. The molecule has 198 valence electrons. The number of pyridine rings is 1. The number of rotatable bonds is 7. The van der Waals surface area contributed by atoms with Crippen molar-refractivity contribution in [3.05, 3.63) is 75.2 Å². The molecule has 38 heavy (non-hydrogen) atoms. The minimum atomic E-state index is -0.706. The van der Waals surface area contributed by atoms with Crippen molar-refractivity contribution in [1.29, 1.82) is 0 Å². The van der Waals surface area contributed by atoms with Gasteiger partial charge in [0.15, 0.2) is 0 Å². The smallest absolute Gasteiger partial charge is 0.261 e. The molecule has 10 heteroatoms. The Balaban J connectivity index is 1.60. The summed E-state index contributed by atoms with van der Waals surface area (Å²) in [5.74, 6) is -1.11. The Morgan fingerprint density at radius 3 is 2.58 bits per heavy atom. The Hall–Kier alpha value is -4.05. The van der Waals surface area contributed by atoms with E-state index in [1.807, 2.05) is 43.8 Å². The molecule has 2 N–H and O–H groups in total. The van der Waals surface area contributed by atoms with Crippen molar-refractivity contribution in [3.8, 4) is 11.4 Å². The number of nitrogens with zero attached hydrogens (tertiary/aromatic N) is 4. The average molecular weight is 521 g/mol. The minimum Gasteiger partial charge on any atom is -0.338 e. The maximum absolute atomic E-state index is 14.5. The van der Waals surface area contributed by atoms with Crippen LogP contribution in [0.4, 0.5) is 20.2 Å². The van der Waals surface area contributed by atoms with Gasteiger partial charge in [-0.2, -0.15) is 0 Å². The summed E-state index contributed by atoms with van der Waals surface area (Å²) in [6, 6.07) is 7.22. The highest BCUT2D eigenvalue weighted by molar-refractivity contribution is 6.02. The monoisotopic (exact) mass is 520 g/mol. The average Bonchev–Trinajstić information content (AvgIpc) is 3.39. The molecule has 0 spiro atoms. The molecule has 2 aromatic carbocycles. The van der Waals surface area contributed by atoms with Crippen LogP contribution in [0.15, 0.2) is 41.3 Å². The number of hydrogen-bond acceptors (Lipinski definition) is 5. The molecule has 0 bridgehead atoms. The van der Waals surface area contributed by atoms with Gasteiger partial charge in [0.1, 0.15) is 23.0 Å². The molecule has 3 heterocycles. The summed E-state index contributed by atoms with van der Waals surface area (Å²) >= 11 is 0. The van der Waals surface area contributed by atoms with Gasteiger partial charge in [0.05, 0.1) is 22.4 Å². The van der Waals surface area contributed by atoms with E-state index in [0.717, 1.165) is 18.2 Å². The van der Waals surface area contributed by atoms with E-state index in [-0.39, 0.29) is 23.1 Å². The minimum absolute atomic E-state index is 0.0406.